The smallest absolute Gasteiger partial charge is 0.175 e. The molecule has 2 rings (SSSR count). The first-order valence-electron chi connectivity index (χ1n) is 5.49. The molecule has 1 heterocycles. The number of hydrogen-bond donors (Lipinski definition) is 1. The predicted molar refractivity (Wildman–Crippen MR) is 74.6 cm³/mol. The number of rotatable bonds is 3. The summed E-state index contributed by atoms with van der Waals surface area (Å²) in [6, 6.07) is 8.56. The number of benzene rings is 1. The van der Waals surface area contributed by atoms with Crippen LogP contribution >= 0.6 is 11.3 Å². The highest BCUT2D eigenvalue weighted by Gasteiger charge is 2.13. The van der Waals surface area contributed by atoms with Crippen molar-refractivity contribution in [1.82, 2.24) is 0 Å². The Morgan fingerprint density at radius 3 is 2.22 bits per heavy atom. The molecule has 1 atom stereocenters. The van der Waals surface area contributed by atoms with Gasteiger partial charge in [0.25, 0.3) is 0 Å². The molecule has 2 N–H and O–H groups in total. The molecule has 0 saturated heterocycles. The predicted octanol–water partition coefficient (Wildman–Crippen LogP) is 2.51. The zero-order valence-electron chi connectivity index (χ0n) is 10.3. The van der Waals surface area contributed by atoms with Gasteiger partial charge in [0.15, 0.2) is 9.84 Å². The van der Waals surface area contributed by atoms with Crippen LogP contribution in [0.25, 0.3) is 0 Å². The van der Waals surface area contributed by atoms with Crippen LogP contribution in [0, 0.1) is 6.92 Å². The summed E-state index contributed by atoms with van der Waals surface area (Å²) in [5, 5.41) is 2.01. The van der Waals surface area contributed by atoms with E-state index in [1.807, 2.05) is 18.4 Å². The normalized spacial score (nSPS) is 13.5. The van der Waals surface area contributed by atoms with E-state index in [-0.39, 0.29) is 6.04 Å². The Kier molecular flexibility index (Phi) is 3.56. The van der Waals surface area contributed by atoms with E-state index in [2.05, 4.69) is 0 Å². The Morgan fingerprint density at radius 2 is 1.78 bits per heavy atom. The van der Waals surface area contributed by atoms with E-state index in [1.54, 1.807) is 35.6 Å². The summed E-state index contributed by atoms with van der Waals surface area (Å²) in [4.78, 5) is 1.51. The second-order valence-electron chi connectivity index (χ2n) is 4.25. The van der Waals surface area contributed by atoms with Crippen molar-refractivity contribution in [3.8, 4) is 0 Å². The lowest BCUT2D eigenvalue weighted by atomic mass is 10.0. The van der Waals surface area contributed by atoms with Crippen LogP contribution in [-0.4, -0.2) is 14.7 Å². The Balaban J connectivity index is 2.33. The molecule has 0 fully saturated rings. The average molecular weight is 281 g/mol. The van der Waals surface area contributed by atoms with Crippen LogP contribution in [0.3, 0.4) is 0 Å². The van der Waals surface area contributed by atoms with Crippen LogP contribution in [0.1, 0.15) is 22.0 Å². The fourth-order valence-corrected chi connectivity index (χ4v) is 3.20. The maximum Gasteiger partial charge on any atom is 0.175 e. The highest BCUT2D eigenvalue weighted by atomic mass is 32.2. The van der Waals surface area contributed by atoms with Gasteiger partial charge in [-0.3, -0.25) is 0 Å². The Bertz CT molecular complexity index is 642. The summed E-state index contributed by atoms with van der Waals surface area (Å²) >= 11 is 1.66. The summed E-state index contributed by atoms with van der Waals surface area (Å²) in [5.41, 5.74) is 8.19. The minimum Gasteiger partial charge on any atom is -0.320 e. The van der Waals surface area contributed by atoms with Crippen LogP contribution in [-0.2, 0) is 9.84 Å². The lowest BCUT2D eigenvalue weighted by molar-refractivity contribution is 0.602. The van der Waals surface area contributed by atoms with E-state index in [0.717, 1.165) is 11.1 Å². The van der Waals surface area contributed by atoms with Crippen molar-refractivity contribution >= 4 is 21.2 Å². The van der Waals surface area contributed by atoms with Gasteiger partial charge in [0.1, 0.15) is 0 Å². The quantitative estimate of drug-likeness (QED) is 0.940. The van der Waals surface area contributed by atoms with Crippen molar-refractivity contribution in [2.45, 2.75) is 17.9 Å². The van der Waals surface area contributed by atoms with Gasteiger partial charge in [0.05, 0.1) is 10.9 Å². The molecular weight excluding hydrogens is 266 g/mol. The summed E-state index contributed by atoms with van der Waals surface area (Å²) in [5.74, 6) is 0. The van der Waals surface area contributed by atoms with E-state index in [0.29, 0.717) is 4.90 Å². The molecule has 0 amide bonds. The molecule has 2 aromatic rings. The lowest BCUT2D eigenvalue weighted by Gasteiger charge is -2.12. The molecule has 0 bridgehead atoms. The first-order chi connectivity index (χ1) is 8.39. The van der Waals surface area contributed by atoms with Crippen LogP contribution in [0.5, 0.6) is 0 Å². The third-order valence-corrected chi connectivity index (χ3v) is 4.89. The molecule has 18 heavy (non-hydrogen) atoms. The number of nitrogens with two attached hydrogens (primary N) is 1. The van der Waals surface area contributed by atoms with E-state index >= 15 is 0 Å². The molecule has 0 aliphatic carbocycles. The first-order valence-corrected chi connectivity index (χ1v) is 8.26. The molecule has 0 saturated carbocycles. The maximum absolute atomic E-state index is 11.4. The monoisotopic (exact) mass is 281 g/mol. The van der Waals surface area contributed by atoms with Crippen molar-refractivity contribution < 1.29 is 8.42 Å². The van der Waals surface area contributed by atoms with Crippen molar-refractivity contribution in [2.75, 3.05) is 6.26 Å². The van der Waals surface area contributed by atoms with E-state index < -0.39 is 9.84 Å². The minimum atomic E-state index is -3.15. The van der Waals surface area contributed by atoms with Gasteiger partial charge in [-0.1, -0.05) is 12.1 Å². The molecule has 1 aromatic carbocycles. The van der Waals surface area contributed by atoms with E-state index in [9.17, 15) is 8.42 Å². The Morgan fingerprint density at radius 1 is 1.17 bits per heavy atom. The standard InChI is InChI=1S/C13H15NO2S2/c1-9-12(7-8-17-9)13(14)10-3-5-11(6-4-10)18(2,15)16/h3-8,13H,14H2,1-2H3. The fraction of sp³-hybridized carbons (Fsp3) is 0.231. The fourth-order valence-electron chi connectivity index (χ4n) is 1.82. The van der Waals surface area contributed by atoms with E-state index in [1.165, 1.54) is 11.1 Å². The molecule has 0 aliphatic rings. The number of sulfone groups is 1. The summed E-state index contributed by atoms with van der Waals surface area (Å²) in [7, 11) is -3.15. The Labute approximate surface area is 111 Å². The molecule has 1 unspecified atom stereocenters. The number of thiophene rings is 1. The Hall–Kier alpha value is -1.17. The molecular formula is C13H15NO2S2. The molecule has 0 aliphatic heterocycles. The zero-order valence-corrected chi connectivity index (χ0v) is 11.9. The molecule has 3 nitrogen and oxygen atoms in total. The second-order valence-corrected chi connectivity index (χ2v) is 7.39. The van der Waals surface area contributed by atoms with Gasteiger partial charge in [-0.15, -0.1) is 11.3 Å². The van der Waals surface area contributed by atoms with Gasteiger partial charge < -0.3 is 5.73 Å². The highest BCUT2D eigenvalue weighted by Crippen LogP contribution is 2.26. The third-order valence-electron chi connectivity index (χ3n) is 2.90. The molecule has 96 valence electrons. The molecule has 0 spiro atoms. The lowest BCUT2D eigenvalue weighted by Crippen LogP contribution is -2.12. The number of hydrogen-bond acceptors (Lipinski definition) is 4. The molecule has 1 aromatic heterocycles. The minimum absolute atomic E-state index is 0.204. The van der Waals surface area contributed by atoms with Gasteiger partial charge in [0.2, 0.25) is 0 Å². The summed E-state index contributed by atoms with van der Waals surface area (Å²) in [6.45, 7) is 2.03. The highest BCUT2D eigenvalue weighted by molar-refractivity contribution is 7.90. The molecule has 5 heteroatoms. The first kappa shape index (κ1) is 13.3. The second kappa shape index (κ2) is 4.84. The summed E-state index contributed by atoms with van der Waals surface area (Å²) < 4.78 is 22.7. The topological polar surface area (TPSA) is 60.2 Å². The third kappa shape index (κ3) is 2.63. The SMILES string of the molecule is Cc1sccc1C(N)c1ccc(S(C)(=O)=O)cc1. The van der Waals surface area contributed by atoms with Crippen molar-refractivity contribution in [1.29, 1.82) is 0 Å². The maximum atomic E-state index is 11.4. The summed E-state index contributed by atoms with van der Waals surface area (Å²) in [6.07, 6.45) is 1.20. The van der Waals surface area contributed by atoms with Crippen LogP contribution in [0.15, 0.2) is 40.6 Å². The van der Waals surface area contributed by atoms with Gasteiger partial charge in [-0.25, -0.2) is 8.42 Å². The van der Waals surface area contributed by atoms with E-state index in [4.69, 9.17) is 5.73 Å². The van der Waals surface area contributed by atoms with Crippen LogP contribution < -0.4 is 5.73 Å². The zero-order chi connectivity index (χ0) is 13.3. The van der Waals surface area contributed by atoms with Gasteiger partial charge >= 0.3 is 0 Å². The van der Waals surface area contributed by atoms with Crippen molar-refractivity contribution in [3.63, 3.8) is 0 Å². The van der Waals surface area contributed by atoms with Crippen molar-refractivity contribution in [2.24, 2.45) is 5.73 Å². The van der Waals surface area contributed by atoms with Gasteiger partial charge in [-0.2, -0.15) is 0 Å². The average Bonchev–Trinajstić information content (AvgIpc) is 2.73. The number of aryl methyl sites for hydroxylation is 1. The van der Waals surface area contributed by atoms with Crippen molar-refractivity contribution in [3.05, 3.63) is 51.7 Å². The van der Waals surface area contributed by atoms with Crippen LogP contribution in [0.2, 0.25) is 0 Å². The van der Waals surface area contributed by atoms with Gasteiger partial charge in [0, 0.05) is 11.1 Å². The van der Waals surface area contributed by atoms with Gasteiger partial charge in [-0.05, 0) is 41.6 Å². The largest absolute Gasteiger partial charge is 0.320 e. The molecule has 0 radical (unpaired) electrons. The van der Waals surface area contributed by atoms with Crippen LogP contribution in [0.4, 0.5) is 0 Å².